The van der Waals surface area contributed by atoms with Crippen LogP contribution in [-0.4, -0.2) is 43.7 Å². The van der Waals surface area contributed by atoms with E-state index >= 15 is 0 Å². The minimum atomic E-state index is -1.07. The smallest absolute Gasteiger partial charge is 0.355 e. The van der Waals surface area contributed by atoms with Gasteiger partial charge >= 0.3 is 5.97 Å². The highest BCUT2D eigenvalue weighted by Gasteiger charge is 2.37. The molecule has 0 spiro atoms. The number of pyridine rings is 1. The Morgan fingerprint density at radius 1 is 1.07 bits per heavy atom. The number of hydrogen-bond acceptors (Lipinski definition) is 7. The number of carbonyl (C=O) groups excluding carboxylic acids is 1. The Kier molecular flexibility index (Phi) is 6.74. The molecule has 0 radical (unpaired) electrons. The normalized spacial score (nSPS) is 20.1. The first-order valence-corrected chi connectivity index (χ1v) is 16.2. The summed E-state index contributed by atoms with van der Waals surface area (Å²) in [6.07, 6.45) is 8.57. The molecular formula is C35H32N6O3S. The van der Waals surface area contributed by atoms with E-state index < -0.39 is 5.97 Å². The highest BCUT2D eigenvalue weighted by Crippen LogP contribution is 2.45. The van der Waals surface area contributed by atoms with E-state index in [9.17, 15) is 14.7 Å². The minimum Gasteiger partial charge on any atom is -0.476 e. The summed E-state index contributed by atoms with van der Waals surface area (Å²) in [4.78, 5) is 37.4. The summed E-state index contributed by atoms with van der Waals surface area (Å²) in [6, 6.07) is 17.4. The molecule has 10 heteroatoms. The maximum Gasteiger partial charge on any atom is 0.355 e. The maximum atomic E-state index is 13.5. The van der Waals surface area contributed by atoms with Crippen LogP contribution in [0.5, 0.6) is 0 Å². The van der Waals surface area contributed by atoms with Crippen LogP contribution in [-0.2, 0) is 19.4 Å². The van der Waals surface area contributed by atoms with Crippen LogP contribution in [0.25, 0.3) is 21.3 Å². The van der Waals surface area contributed by atoms with Crippen LogP contribution in [0.15, 0.2) is 66.7 Å². The number of H-pyrrole nitrogens is 1. The number of para-hydroxylation sites is 1. The van der Waals surface area contributed by atoms with Gasteiger partial charge in [-0.1, -0.05) is 47.8 Å². The molecule has 1 fully saturated rings. The van der Waals surface area contributed by atoms with Crippen molar-refractivity contribution in [3.63, 3.8) is 0 Å². The molecule has 3 N–H and O–H groups in total. The first-order chi connectivity index (χ1) is 21.9. The first kappa shape index (κ1) is 27.7. The van der Waals surface area contributed by atoms with E-state index in [1.54, 1.807) is 0 Å². The van der Waals surface area contributed by atoms with E-state index in [0.717, 1.165) is 51.1 Å². The van der Waals surface area contributed by atoms with Gasteiger partial charge in [0.1, 0.15) is 5.82 Å². The molecule has 45 heavy (non-hydrogen) atoms. The predicted molar refractivity (Wildman–Crippen MR) is 175 cm³/mol. The third-order valence-corrected chi connectivity index (χ3v) is 10.6. The average molecular weight is 617 g/mol. The number of aromatic amines is 1. The molecule has 226 valence electrons. The Morgan fingerprint density at radius 2 is 1.96 bits per heavy atom. The molecule has 3 aliphatic rings. The lowest BCUT2D eigenvalue weighted by atomic mass is 9.87. The molecule has 9 nitrogen and oxygen atoms in total. The van der Waals surface area contributed by atoms with E-state index in [-0.39, 0.29) is 11.6 Å². The highest BCUT2D eigenvalue weighted by molar-refractivity contribution is 7.22. The molecule has 3 atom stereocenters. The molecule has 1 saturated carbocycles. The molecule has 5 aromatic rings. The zero-order valence-corrected chi connectivity index (χ0v) is 25.6. The molecule has 8 rings (SSSR count). The van der Waals surface area contributed by atoms with Crippen molar-refractivity contribution in [2.75, 3.05) is 16.8 Å². The average Bonchev–Trinajstić information content (AvgIpc) is 3.84. The Balaban J connectivity index is 1.07. The monoisotopic (exact) mass is 616 g/mol. The summed E-state index contributed by atoms with van der Waals surface area (Å²) in [7, 11) is 0. The van der Waals surface area contributed by atoms with Crippen molar-refractivity contribution in [3.05, 3.63) is 101 Å². The van der Waals surface area contributed by atoms with Crippen LogP contribution in [0.2, 0.25) is 0 Å². The molecule has 1 aliphatic heterocycles. The number of aromatic nitrogens is 4. The summed E-state index contributed by atoms with van der Waals surface area (Å²) in [5, 5.41) is 21.6. The Hall–Kier alpha value is -4.83. The van der Waals surface area contributed by atoms with Crippen molar-refractivity contribution in [2.24, 2.45) is 17.8 Å². The van der Waals surface area contributed by atoms with Crippen LogP contribution in [0.1, 0.15) is 56.2 Å². The Bertz CT molecular complexity index is 1980. The number of carboxylic acid groups (broad SMARTS) is 1. The number of benzene rings is 2. The highest BCUT2D eigenvalue weighted by atomic mass is 32.1. The molecule has 3 aromatic heterocycles. The van der Waals surface area contributed by atoms with Crippen molar-refractivity contribution in [1.82, 2.24) is 20.2 Å². The number of aromatic carboxylic acids is 1. The number of amides is 1. The summed E-state index contributed by atoms with van der Waals surface area (Å²) < 4.78 is 1.01. The van der Waals surface area contributed by atoms with Gasteiger partial charge < -0.3 is 10.0 Å². The summed E-state index contributed by atoms with van der Waals surface area (Å²) in [5.74, 6) is 1.05. The zero-order chi connectivity index (χ0) is 30.7. The predicted octanol–water partition coefficient (Wildman–Crippen LogP) is 6.66. The SMILES string of the molecule is Cc1[nH]nc(C[C@H]2C[C@H]3C=C[C@@H]2C3)c1-c1ccc(N2CCc3cccc(C(=O)Nc4nc5ccccc5s4)c3C2)nc1C(=O)O. The number of anilines is 2. The van der Waals surface area contributed by atoms with E-state index in [1.165, 1.54) is 17.8 Å². The number of hydrogen-bond donors (Lipinski definition) is 3. The van der Waals surface area contributed by atoms with Gasteiger partial charge in [-0.25, -0.2) is 14.8 Å². The molecule has 2 aromatic carbocycles. The topological polar surface area (TPSA) is 124 Å². The van der Waals surface area contributed by atoms with Crippen molar-refractivity contribution < 1.29 is 14.7 Å². The van der Waals surface area contributed by atoms with Gasteiger partial charge in [-0.15, -0.1) is 0 Å². The second-order valence-corrected chi connectivity index (χ2v) is 13.4. The third-order valence-electron chi connectivity index (χ3n) is 9.60. The van der Waals surface area contributed by atoms with Crippen LogP contribution in [0.3, 0.4) is 0 Å². The number of allylic oxidation sites excluding steroid dienone is 2. The number of aryl methyl sites for hydroxylation is 1. The van der Waals surface area contributed by atoms with Gasteiger partial charge in [0.2, 0.25) is 0 Å². The van der Waals surface area contributed by atoms with Crippen LogP contribution < -0.4 is 10.2 Å². The number of carboxylic acids is 1. The fourth-order valence-corrected chi connectivity index (χ4v) is 8.29. The van der Waals surface area contributed by atoms with Crippen molar-refractivity contribution >= 4 is 44.4 Å². The fourth-order valence-electron chi connectivity index (χ4n) is 7.43. The molecule has 4 heterocycles. The van der Waals surface area contributed by atoms with Crippen LogP contribution in [0, 0.1) is 24.7 Å². The number of nitrogens with one attached hydrogen (secondary N) is 2. The molecule has 0 saturated heterocycles. The van der Waals surface area contributed by atoms with Crippen LogP contribution in [0.4, 0.5) is 10.9 Å². The standard InChI is InChI=1S/C35H32N6O3S/c1-19-31(28(40-39-19)17-23-16-20-9-10-22(23)15-20)25-11-12-30(37-32(25)34(43)44)41-14-13-21-5-4-6-24(26(21)18-41)33(42)38-35-36-27-7-2-3-8-29(27)45-35/h2-12,20,22-23H,13-18H2,1H3,(H,39,40)(H,43,44)(H,36,38,42)/t20-,22+,23+/m0/s1. The minimum absolute atomic E-state index is 0.0127. The molecule has 0 unspecified atom stereocenters. The summed E-state index contributed by atoms with van der Waals surface area (Å²) >= 11 is 1.44. The van der Waals surface area contributed by atoms with Gasteiger partial charge in [0.05, 0.1) is 15.9 Å². The van der Waals surface area contributed by atoms with E-state index in [2.05, 4.69) is 43.6 Å². The molecule has 2 aliphatic carbocycles. The van der Waals surface area contributed by atoms with Gasteiger partial charge in [0.25, 0.3) is 5.91 Å². The number of nitrogens with zero attached hydrogens (tertiary/aromatic N) is 4. The maximum absolute atomic E-state index is 13.5. The number of carbonyl (C=O) groups is 2. The lowest BCUT2D eigenvalue weighted by molar-refractivity contribution is 0.0691. The number of fused-ring (bicyclic) bond motifs is 4. The molecular weight excluding hydrogens is 584 g/mol. The first-order valence-electron chi connectivity index (χ1n) is 15.4. The van der Waals surface area contributed by atoms with Gasteiger partial charge in [-0.2, -0.15) is 5.10 Å². The van der Waals surface area contributed by atoms with E-state index in [0.29, 0.717) is 59.3 Å². The second kappa shape index (κ2) is 11.0. The van der Waals surface area contributed by atoms with Crippen molar-refractivity contribution in [3.8, 4) is 11.1 Å². The third kappa shape index (κ3) is 4.99. The second-order valence-electron chi connectivity index (χ2n) is 12.3. The van der Waals surface area contributed by atoms with Gasteiger partial charge in [0, 0.05) is 35.5 Å². The van der Waals surface area contributed by atoms with Crippen molar-refractivity contribution in [1.29, 1.82) is 0 Å². The molecule has 2 bridgehead atoms. The largest absolute Gasteiger partial charge is 0.476 e. The number of rotatable bonds is 7. The lowest BCUT2D eigenvalue weighted by Gasteiger charge is -2.31. The Labute approximate surface area is 264 Å². The Morgan fingerprint density at radius 3 is 2.76 bits per heavy atom. The van der Waals surface area contributed by atoms with Crippen molar-refractivity contribution in [2.45, 2.75) is 39.2 Å². The van der Waals surface area contributed by atoms with Gasteiger partial charge in [0.15, 0.2) is 10.8 Å². The molecule has 1 amide bonds. The number of thiazole rings is 1. The van der Waals surface area contributed by atoms with Crippen LogP contribution >= 0.6 is 11.3 Å². The zero-order valence-electron chi connectivity index (χ0n) is 24.8. The van der Waals surface area contributed by atoms with E-state index in [1.807, 2.05) is 55.5 Å². The summed E-state index contributed by atoms with van der Waals surface area (Å²) in [5.41, 5.74) is 6.64. The van der Waals surface area contributed by atoms with E-state index in [4.69, 9.17) is 4.98 Å². The summed E-state index contributed by atoms with van der Waals surface area (Å²) in [6.45, 7) is 3.04. The lowest BCUT2D eigenvalue weighted by Crippen LogP contribution is -2.33. The quantitative estimate of drug-likeness (QED) is 0.175. The van der Waals surface area contributed by atoms with Gasteiger partial charge in [-0.3, -0.25) is 15.2 Å². The van der Waals surface area contributed by atoms with Gasteiger partial charge in [-0.05, 0) is 91.8 Å². The fraction of sp³-hybridized carbons (Fsp3) is 0.286.